The standard InChI is InChI=1S/C17H20O6/c1-9(5-7-13(18)19)4-6-11-15(20)14-12(8-23-17(14)21)10(2)16(11)22-3/h4,20H,5-8H2,1-3H3,(H,18,19)/b9-4-. The summed E-state index contributed by atoms with van der Waals surface area (Å²) in [4.78, 5) is 22.4. The highest BCUT2D eigenvalue weighted by Crippen LogP contribution is 2.41. The highest BCUT2D eigenvalue weighted by atomic mass is 16.5. The monoisotopic (exact) mass is 320 g/mol. The predicted molar refractivity (Wildman–Crippen MR) is 82.8 cm³/mol. The van der Waals surface area contributed by atoms with Gasteiger partial charge in [0.15, 0.2) is 0 Å². The maximum absolute atomic E-state index is 11.8. The molecule has 1 aromatic rings. The number of hydrogen-bond donors (Lipinski definition) is 2. The van der Waals surface area contributed by atoms with Gasteiger partial charge in [-0.15, -0.1) is 0 Å². The number of fused-ring (bicyclic) bond motifs is 1. The van der Waals surface area contributed by atoms with Crippen LogP contribution in [0.25, 0.3) is 0 Å². The molecule has 2 N–H and O–H groups in total. The van der Waals surface area contributed by atoms with Gasteiger partial charge < -0.3 is 19.7 Å². The molecule has 2 rings (SSSR count). The Balaban J connectivity index is 2.37. The van der Waals surface area contributed by atoms with Crippen LogP contribution in [-0.2, 0) is 22.6 Å². The van der Waals surface area contributed by atoms with E-state index < -0.39 is 11.9 Å². The number of hydrogen-bond acceptors (Lipinski definition) is 5. The van der Waals surface area contributed by atoms with Crippen molar-refractivity contribution in [1.29, 1.82) is 0 Å². The first-order chi connectivity index (χ1) is 10.9. The number of carbonyl (C=O) groups is 2. The number of benzene rings is 1. The topological polar surface area (TPSA) is 93.1 Å². The molecule has 6 heteroatoms. The lowest BCUT2D eigenvalue weighted by molar-refractivity contribution is -0.136. The molecule has 0 fully saturated rings. The lowest BCUT2D eigenvalue weighted by Gasteiger charge is -2.15. The van der Waals surface area contributed by atoms with Crippen molar-refractivity contribution < 1.29 is 29.3 Å². The minimum atomic E-state index is -0.853. The summed E-state index contributed by atoms with van der Waals surface area (Å²) in [6, 6.07) is 0. The van der Waals surface area contributed by atoms with E-state index in [1.165, 1.54) is 7.11 Å². The summed E-state index contributed by atoms with van der Waals surface area (Å²) in [7, 11) is 1.51. The molecule has 0 aliphatic carbocycles. The first-order valence-electron chi connectivity index (χ1n) is 7.32. The number of allylic oxidation sites excluding steroid dienone is 2. The van der Waals surface area contributed by atoms with Crippen LogP contribution in [0.4, 0.5) is 0 Å². The van der Waals surface area contributed by atoms with Crippen LogP contribution >= 0.6 is 0 Å². The lowest BCUT2D eigenvalue weighted by Crippen LogP contribution is -2.03. The van der Waals surface area contributed by atoms with E-state index in [2.05, 4.69) is 0 Å². The van der Waals surface area contributed by atoms with Crippen LogP contribution in [0.1, 0.15) is 46.8 Å². The van der Waals surface area contributed by atoms with Crippen molar-refractivity contribution >= 4 is 11.9 Å². The number of methoxy groups -OCH3 is 1. The number of carbonyl (C=O) groups excluding carboxylic acids is 1. The number of phenolic OH excluding ortho intramolecular Hbond substituents is 1. The smallest absolute Gasteiger partial charge is 0.342 e. The first kappa shape index (κ1) is 16.9. The molecule has 1 aliphatic rings. The Morgan fingerprint density at radius 1 is 1.39 bits per heavy atom. The Bertz CT molecular complexity index is 687. The van der Waals surface area contributed by atoms with E-state index in [1.54, 1.807) is 0 Å². The minimum Gasteiger partial charge on any atom is -0.507 e. The Labute approximate surface area is 134 Å². The van der Waals surface area contributed by atoms with Crippen LogP contribution in [0, 0.1) is 6.92 Å². The predicted octanol–water partition coefficient (Wildman–Crippen LogP) is 2.73. The van der Waals surface area contributed by atoms with E-state index in [1.807, 2.05) is 19.9 Å². The average Bonchev–Trinajstić information content (AvgIpc) is 2.89. The second-order valence-corrected chi connectivity index (χ2v) is 5.56. The molecule has 124 valence electrons. The van der Waals surface area contributed by atoms with Gasteiger partial charge in [0.25, 0.3) is 0 Å². The van der Waals surface area contributed by atoms with Gasteiger partial charge >= 0.3 is 11.9 Å². The number of rotatable bonds is 6. The van der Waals surface area contributed by atoms with E-state index in [0.29, 0.717) is 29.7 Å². The zero-order valence-electron chi connectivity index (χ0n) is 13.4. The number of carboxylic acid groups (broad SMARTS) is 1. The van der Waals surface area contributed by atoms with Gasteiger partial charge in [-0.1, -0.05) is 11.6 Å². The second-order valence-electron chi connectivity index (χ2n) is 5.56. The van der Waals surface area contributed by atoms with Gasteiger partial charge in [0.1, 0.15) is 23.7 Å². The van der Waals surface area contributed by atoms with Crippen molar-refractivity contribution in [2.24, 2.45) is 0 Å². The lowest BCUT2D eigenvalue weighted by atomic mass is 9.94. The third-order valence-corrected chi connectivity index (χ3v) is 4.04. The molecule has 0 atom stereocenters. The van der Waals surface area contributed by atoms with Crippen LogP contribution in [0.3, 0.4) is 0 Å². The Morgan fingerprint density at radius 3 is 2.70 bits per heavy atom. The fourth-order valence-corrected chi connectivity index (χ4v) is 2.71. The SMILES string of the molecule is COc1c(C)c2c(c(O)c1C/C=C(/C)CCC(=O)O)C(=O)OC2. The summed E-state index contributed by atoms with van der Waals surface area (Å²) in [5, 5.41) is 19.1. The molecule has 0 amide bonds. The number of carboxylic acids is 1. The number of esters is 1. The molecule has 1 aliphatic heterocycles. The van der Waals surface area contributed by atoms with Gasteiger partial charge in [0, 0.05) is 17.5 Å². The number of aromatic hydroxyl groups is 1. The zero-order valence-corrected chi connectivity index (χ0v) is 13.4. The van der Waals surface area contributed by atoms with Crippen LogP contribution in [0.2, 0.25) is 0 Å². The molecule has 0 saturated carbocycles. The van der Waals surface area contributed by atoms with Crippen molar-refractivity contribution in [3.8, 4) is 11.5 Å². The molecule has 0 bridgehead atoms. The molecule has 0 saturated heterocycles. The van der Waals surface area contributed by atoms with E-state index in [0.717, 1.165) is 11.1 Å². The molecule has 0 unspecified atom stereocenters. The number of cyclic esters (lactones) is 1. The first-order valence-corrected chi connectivity index (χ1v) is 7.32. The fourth-order valence-electron chi connectivity index (χ4n) is 2.71. The van der Waals surface area contributed by atoms with Gasteiger partial charge in [0.05, 0.1) is 7.11 Å². The normalized spacial score (nSPS) is 13.7. The summed E-state index contributed by atoms with van der Waals surface area (Å²) in [6.07, 6.45) is 2.68. The maximum Gasteiger partial charge on any atom is 0.342 e. The van der Waals surface area contributed by atoms with Crippen molar-refractivity contribution in [3.05, 3.63) is 33.9 Å². The quantitative estimate of drug-likeness (QED) is 0.618. The molecular formula is C17H20O6. The van der Waals surface area contributed by atoms with Crippen LogP contribution in [0.15, 0.2) is 11.6 Å². The molecule has 1 heterocycles. The van der Waals surface area contributed by atoms with Gasteiger partial charge in [-0.05, 0) is 32.3 Å². The maximum atomic E-state index is 11.8. The molecule has 0 radical (unpaired) electrons. The second kappa shape index (κ2) is 6.73. The number of phenols is 1. The molecule has 0 aromatic heterocycles. The Kier molecular flexibility index (Phi) is 4.93. The molecule has 0 spiro atoms. The van der Waals surface area contributed by atoms with Crippen LogP contribution in [-0.4, -0.2) is 29.3 Å². The van der Waals surface area contributed by atoms with Crippen molar-refractivity contribution in [2.75, 3.05) is 7.11 Å². The van der Waals surface area contributed by atoms with E-state index >= 15 is 0 Å². The van der Waals surface area contributed by atoms with Crippen molar-refractivity contribution in [1.82, 2.24) is 0 Å². The van der Waals surface area contributed by atoms with Crippen molar-refractivity contribution in [2.45, 2.75) is 39.7 Å². The Hall–Kier alpha value is -2.50. The number of ether oxygens (including phenoxy) is 2. The van der Waals surface area contributed by atoms with Crippen LogP contribution < -0.4 is 4.74 Å². The summed E-state index contributed by atoms with van der Waals surface area (Å²) in [6.45, 7) is 3.79. The van der Waals surface area contributed by atoms with Gasteiger partial charge in [-0.3, -0.25) is 4.79 Å². The largest absolute Gasteiger partial charge is 0.507 e. The van der Waals surface area contributed by atoms with E-state index in [9.17, 15) is 14.7 Å². The van der Waals surface area contributed by atoms with Crippen molar-refractivity contribution in [3.63, 3.8) is 0 Å². The molecule has 6 nitrogen and oxygen atoms in total. The zero-order chi connectivity index (χ0) is 17.1. The summed E-state index contributed by atoms with van der Waals surface area (Å²) in [5.74, 6) is -0.973. The summed E-state index contributed by atoms with van der Waals surface area (Å²) < 4.78 is 10.4. The Morgan fingerprint density at radius 2 is 2.09 bits per heavy atom. The third kappa shape index (κ3) is 3.31. The third-order valence-electron chi connectivity index (χ3n) is 4.04. The van der Waals surface area contributed by atoms with Crippen LogP contribution in [0.5, 0.6) is 11.5 Å². The fraction of sp³-hybridized carbons (Fsp3) is 0.412. The average molecular weight is 320 g/mol. The highest BCUT2D eigenvalue weighted by molar-refractivity contribution is 5.98. The van der Waals surface area contributed by atoms with Gasteiger partial charge in [0.2, 0.25) is 0 Å². The minimum absolute atomic E-state index is 0.0565. The number of aliphatic carboxylic acids is 1. The van der Waals surface area contributed by atoms with Gasteiger partial charge in [-0.25, -0.2) is 4.79 Å². The summed E-state index contributed by atoms with van der Waals surface area (Å²) >= 11 is 0. The van der Waals surface area contributed by atoms with E-state index in [-0.39, 0.29) is 24.3 Å². The van der Waals surface area contributed by atoms with Gasteiger partial charge in [-0.2, -0.15) is 0 Å². The molecular weight excluding hydrogens is 300 g/mol. The highest BCUT2D eigenvalue weighted by Gasteiger charge is 2.31. The summed E-state index contributed by atoms with van der Waals surface area (Å²) in [5.41, 5.74) is 3.04. The van der Waals surface area contributed by atoms with E-state index in [4.69, 9.17) is 14.6 Å². The molecule has 23 heavy (non-hydrogen) atoms. The molecule has 1 aromatic carbocycles.